The Morgan fingerprint density at radius 2 is 2.13 bits per heavy atom. The highest BCUT2D eigenvalue weighted by Crippen LogP contribution is 2.41. The van der Waals surface area contributed by atoms with Crippen LogP contribution in [-0.4, -0.2) is 56.0 Å². The Hall–Kier alpha value is -1.38. The van der Waals surface area contributed by atoms with E-state index in [-0.39, 0.29) is 35.3 Å². The van der Waals surface area contributed by atoms with Gasteiger partial charge in [0.25, 0.3) is 5.91 Å². The number of ether oxygens (including phenoxy) is 1. The van der Waals surface area contributed by atoms with Gasteiger partial charge in [-0.15, -0.1) is 0 Å². The van der Waals surface area contributed by atoms with Gasteiger partial charge < -0.3 is 9.64 Å². The van der Waals surface area contributed by atoms with Crippen LogP contribution >= 0.6 is 11.8 Å². The number of carbonyl (C=O) groups excluding carboxylic acids is 1. The van der Waals surface area contributed by atoms with Crippen LogP contribution in [0.15, 0.2) is 29.3 Å². The molecule has 3 rings (SSSR count). The highest BCUT2D eigenvalue weighted by molar-refractivity contribution is 8.16. The van der Waals surface area contributed by atoms with Crippen molar-refractivity contribution in [1.82, 2.24) is 0 Å². The minimum absolute atomic E-state index is 0.0840. The Balaban J connectivity index is 2.01. The molecule has 0 N–H and O–H groups in total. The highest BCUT2D eigenvalue weighted by atomic mass is 32.2. The van der Waals surface area contributed by atoms with Gasteiger partial charge in [0.2, 0.25) is 0 Å². The number of methoxy groups -OCH3 is 1. The topological polar surface area (TPSA) is 76.0 Å². The lowest BCUT2D eigenvalue weighted by molar-refractivity contribution is -0.121. The molecule has 6 nitrogen and oxygen atoms in total. The molecule has 0 bridgehead atoms. The van der Waals surface area contributed by atoms with Crippen molar-refractivity contribution in [3.05, 3.63) is 29.8 Å². The predicted molar refractivity (Wildman–Crippen MR) is 91.8 cm³/mol. The number of hydrogen-bond acceptors (Lipinski definition) is 5. The highest BCUT2D eigenvalue weighted by Gasteiger charge is 2.49. The summed E-state index contributed by atoms with van der Waals surface area (Å²) in [5.74, 6) is -0.144. The molecule has 23 heavy (non-hydrogen) atoms. The minimum Gasteiger partial charge on any atom is -0.375 e. The molecule has 0 radical (unpaired) electrons. The summed E-state index contributed by atoms with van der Waals surface area (Å²) in [6.45, 7) is 1.88. The fraction of sp³-hybridized carbons (Fsp3) is 0.467. The number of rotatable bonds is 3. The molecular formula is C15H18N2O4S2. The van der Waals surface area contributed by atoms with E-state index in [9.17, 15) is 13.2 Å². The summed E-state index contributed by atoms with van der Waals surface area (Å²) < 4.78 is 28.8. The van der Waals surface area contributed by atoms with Gasteiger partial charge >= 0.3 is 0 Å². The van der Waals surface area contributed by atoms with E-state index in [0.29, 0.717) is 5.17 Å². The van der Waals surface area contributed by atoms with Crippen molar-refractivity contribution >= 4 is 38.4 Å². The maximum atomic E-state index is 12.0. The summed E-state index contributed by atoms with van der Waals surface area (Å²) in [5, 5.41) is 0.472. The molecule has 124 valence electrons. The summed E-state index contributed by atoms with van der Waals surface area (Å²) in [6.07, 6.45) is 0. The largest absolute Gasteiger partial charge is 0.375 e. The number of para-hydroxylation sites is 1. The van der Waals surface area contributed by atoms with Crippen LogP contribution in [0.2, 0.25) is 0 Å². The van der Waals surface area contributed by atoms with Gasteiger partial charge in [-0.2, -0.15) is 4.99 Å². The molecule has 1 aromatic rings. The van der Waals surface area contributed by atoms with E-state index in [1.54, 1.807) is 0 Å². The number of benzene rings is 1. The lowest BCUT2D eigenvalue weighted by Gasteiger charge is -2.26. The second kappa shape index (κ2) is 6.26. The number of sulfone groups is 1. The Morgan fingerprint density at radius 3 is 2.83 bits per heavy atom. The first-order valence-corrected chi connectivity index (χ1v) is 9.94. The average Bonchev–Trinajstić information content (AvgIpc) is 2.91. The van der Waals surface area contributed by atoms with Crippen LogP contribution in [0, 0.1) is 6.92 Å². The third-order valence-electron chi connectivity index (χ3n) is 3.93. The number of aryl methyl sites for hydroxylation is 1. The molecule has 1 aromatic carbocycles. The fourth-order valence-electron chi connectivity index (χ4n) is 2.94. The number of hydrogen-bond donors (Lipinski definition) is 0. The zero-order chi connectivity index (χ0) is 16.6. The molecule has 2 saturated heterocycles. The summed E-state index contributed by atoms with van der Waals surface area (Å²) in [6, 6.07) is 7.54. The van der Waals surface area contributed by atoms with Gasteiger partial charge in [-0.3, -0.25) is 4.79 Å². The zero-order valence-electron chi connectivity index (χ0n) is 12.9. The first-order chi connectivity index (χ1) is 10.9. The SMILES string of the molecule is COCC(=O)N=C1S[C@H]2CS(=O)(=O)C[C@@H]2N1c1ccccc1C. The van der Waals surface area contributed by atoms with E-state index < -0.39 is 9.84 Å². The van der Waals surface area contributed by atoms with Crippen LogP contribution in [0.3, 0.4) is 0 Å². The standard InChI is InChI=1S/C15H18N2O4S2/c1-10-5-3-4-6-11(10)17-12-8-23(19,20)9-13(12)22-15(17)16-14(18)7-21-2/h3-6,12-13H,7-9H2,1-2H3/t12-,13-/m0/s1. The van der Waals surface area contributed by atoms with Gasteiger partial charge in [0.05, 0.1) is 17.5 Å². The van der Waals surface area contributed by atoms with E-state index in [1.807, 2.05) is 36.1 Å². The predicted octanol–water partition coefficient (Wildman–Crippen LogP) is 1.24. The molecule has 0 spiro atoms. The fourth-order valence-corrected chi connectivity index (χ4v) is 6.87. The molecule has 2 heterocycles. The smallest absolute Gasteiger partial charge is 0.274 e. The third kappa shape index (κ3) is 3.29. The van der Waals surface area contributed by atoms with Crippen molar-refractivity contribution in [2.75, 3.05) is 30.1 Å². The van der Waals surface area contributed by atoms with Crippen molar-refractivity contribution in [1.29, 1.82) is 0 Å². The van der Waals surface area contributed by atoms with Crippen LogP contribution < -0.4 is 4.90 Å². The lowest BCUT2D eigenvalue weighted by atomic mass is 10.1. The zero-order valence-corrected chi connectivity index (χ0v) is 14.6. The second-order valence-electron chi connectivity index (χ2n) is 5.68. The molecule has 0 aliphatic carbocycles. The summed E-state index contributed by atoms with van der Waals surface area (Å²) in [7, 11) is -1.60. The molecule has 0 saturated carbocycles. The number of thioether (sulfide) groups is 1. The number of anilines is 1. The van der Waals surface area contributed by atoms with Gasteiger partial charge in [0.1, 0.15) is 6.61 Å². The number of aliphatic imine (C=N–C) groups is 1. The Morgan fingerprint density at radius 1 is 1.39 bits per heavy atom. The van der Waals surface area contributed by atoms with Crippen molar-refractivity contribution in [3.63, 3.8) is 0 Å². The number of fused-ring (bicyclic) bond motifs is 1. The van der Waals surface area contributed by atoms with E-state index in [0.717, 1.165) is 11.3 Å². The summed E-state index contributed by atoms with van der Waals surface area (Å²) in [5.41, 5.74) is 1.92. The maximum absolute atomic E-state index is 12.0. The van der Waals surface area contributed by atoms with Crippen LogP contribution in [0.5, 0.6) is 0 Å². The van der Waals surface area contributed by atoms with Gasteiger partial charge in [0.15, 0.2) is 15.0 Å². The van der Waals surface area contributed by atoms with E-state index in [2.05, 4.69) is 4.99 Å². The monoisotopic (exact) mass is 354 g/mol. The van der Waals surface area contributed by atoms with E-state index in [4.69, 9.17) is 4.74 Å². The molecule has 2 fully saturated rings. The van der Waals surface area contributed by atoms with Gasteiger partial charge in [-0.25, -0.2) is 8.42 Å². The Kier molecular flexibility index (Phi) is 4.48. The average molecular weight is 354 g/mol. The molecular weight excluding hydrogens is 336 g/mol. The third-order valence-corrected chi connectivity index (χ3v) is 7.14. The van der Waals surface area contributed by atoms with Gasteiger partial charge in [-0.1, -0.05) is 30.0 Å². The van der Waals surface area contributed by atoms with Crippen LogP contribution in [0.1, 0.15) is 5.56 Å². The molecule has 1 amide bonds. The van der Waals surface area contributed by atoms with Gasteiger partial charge in [0, 0.05) is 18.0 Å². The first-order valence-electron chi connectivity index (χ1n) is 7.23. The lowest BCUT2D eigenvalue weighted by Crippen LogP contribution is -2.38. The number of amidine groups is 1. The second-order valence-corrected chi connectivity index (χ2v) is 9.04. The normalized spacial score (nSPS) is 27.4. The molecule has 0 aromatic heterocycles. The van der Waals surface area contributed by atoms with Crippen molar-refractivity contribution in [3.8, 4) is 0 Å². The maximum Gasteiger partial charge on any atom is 0.274 e. The summed E-state index contributed by atoms with van der Waals surface area (Å²) >= 11 is 1.37. The Labute approximate surface area is 139 Å². The number of amides is 1. The number of nitrogens with zero attached hydrogens (tertiary/aromatic N) is 2. The quantitative estimate of drug-likeness (QED) is 0.813. The first kappa shape index (κ1) is 16.5. The van der Waals surface area contributed by atoms with Crippen LogP contribution in [-0.2, 0) is 19.4 Å². The molecule has 0 unspecified atom stereocenters. The van der Waals surface area contributed by atoms with Crippen LogP contribution in [0.25, 0.3) is 0 Å². The summed E-state index contributed by atoms with van der Waals surface area (Å²) in [4.78, 5) is 17.9. The van der Waals surface area contributed by atoms with E-state index >= 15 is 0 Å². The Bertz CT molecular complexity index is 760. The molecule has 2 aliphatic heterocycles. The van der Waals surface area contributed by atoms with Crippen LogP contribution in [0.4, 0.5) is 5.69 Å². The number of carbonyl (C=O) groups is 1. The molecule has 2 atom stereocenters. The van der Waals surface area contributed by atoms with E-state index in [1.165, 1.54) is 18.9 Å². The van der Waals surface area contributed by atoms with Gasteiger partial charge in [-0.05, 0) is 18.6 Å². The van der Waals surface area contributed by atoms with Crippen molar-refractivity contribution in [2.45, 2.75) is 18.2 Å². The van der Waals surface area contributed by atoms with Crippen molar-refractivity contribution in [2.24, 2.45) is 4.99 Å². The molecule has 2 aliphatic rings. The molecule has 8 heteroatoms. The van der Waals surface area contributed by atoms with Crippen molar-refractivity contribution < 1.29 is 17.9 Å². The minimum atomic E-state index is -3.05.